The molecule has 0 aliphatic carbocycles. The van der Waals surface area contributed by atoms with Crippen LogP contribution in [0.2, 0.25) is 0 Å². The van der Waals surface area contributed by atoms with Crippen molar-refractivity contribution in [3.8, 4) is 0 Å². The number of primary amides is 1. The van der Waals surface area contributed by atoms with Crippen LogP contribution >= 0.6 is 0 Å². The second-order valence-corrected chi connectivity index (χ2v) is 5.50. The van der Waals surface area contributed by atoms with E-state index in [1.165, 1.54) is 0 Å². The fourth-order valence-corrected chi connectivity index (χ4v) is 2.76. The summed E-state index contributed by atoms with van der Waals surface area (Å²) in [5, 5.41) is 0. The molecule has 0 spiro atoms. The number of rotatable bonds is 3. The van der Waals surface area contributed by atoms with Gasteiger partial charge in [0.05, 0.1) is 5.56 Å². The number of carbonyl (C=O) groups excluding carboxylic acids is 1. The summed E-state index contributed by atoms with van der Waals surface area (Å²) in [6.45, 7) is 7.58. The molecule has 104 valence electrons. The van der Waals surface area contributed by atoms with Gasteiger partial charge in [0.15, 0.2) is 0 Å². The Kier molecular flexibility index (Phi) is 3.75. The topological polar surface area (TPSA) is 85.2 Å². The quantitative estimate of drug-likeness (QED) is 0.850. The van der Waals surface area contributed by atoms with Gasteiger partial charge in [-0.05, 0) is 44.7 Å². The molecule has 2 unspecified atom stereocenters. The molecule has 5 nitrogen and oxygen atoms in total. The molecule has 1 saturated heterocycles. The minimum atomic E-state index is -0.413. The lowest BCUT2D eigenvalue weighted by atomic mass is 10.0. The van der Waals surface area contributed by atoms with Crippen molar-refractivity contribution < 1.29 is 4.79 Å². The fourth-order valence-electron chi connectivity index (χ4n) is 2.76. The van der Waals surface area contributed by atoms with E-state index in [-0.39, 0.29) is 6.04 Å². The number of aromatic nitrogens is 1. The molecule has 19 heavy (non-hydrogen) atoms. The van der Waals surface area contributed by atoms with Crippen LogP contribution in [0.3, 0.4) is 0 Å². The van der Waals surface area contributed by atoms with Crippen molar-refractivity contribution in [3.63, 3.8) is 0 Å². The maximum atomic E-state index is 11.7. The molecule has 0 aromatic carbocycles. The maximum absolute atomic E-state index is 11.7. The predicted octanol–water partition coefficient (Wildman–Crippen LogP) is 0.971. The SMILES string of the molecule is Cc1cc(C)c(C(N)=O)c(N2CCC(C(C)N)C2)n1. The molecular formula is C14H22N4O. The van der Waals surface area contributed by atoms with Crippen molar-refractivity contribution >= 4 is 11.7 Å². The van der Waals surface area contributed by atoms with Gasteiger partial charge in [-0.15, -0.1) is 0 Å². The van der Waals surface area contributed by atoms with Crippen LogP contribution in [0, 0.1) is 19.8 Å². The fraction of sp³-hybridized carbons (Fsp3) is 0.571. The third-order valence-corrected chi connectivity index (χ3v) is 3.84. The Hall–Kier alpha value is -1.62. The van der Waals surface area contributed by atoms with Gasteiger partial charge < -0.3 is 16.4 Å². The summed E-state index contributed by atoms with van der Waals surface area (Å²) in [4.78, 5) is 18.3. The standard InChI is InChI=1S/C14H22N4O/c1-8-6-9(2)17-14(12(8)13(16)19)18-5-4-11(7-18)10(3)15/h6,10-11H,4-5,7,15H2,1-3H3,(H2,16,19). The molecule has 2 atom stereocenters. The first-order chi connectivity index (χ1) is 8.90. The molecule has 1 aliphatic heterocycles. The highest BCUT2D eigenvalue weighted by molar-refractivity contribution is 5.99. The molecule has 1 aromatic rings. The van der Waals surface area contributed by atoms with E-state index in [1.54, 1.807) is 0 Å². The van der Waals surface area contributed by atoms with Gasteiger partial charge in [0.2, 0.25) is 0 Å². The average Bonchev–Trinajstić information content (AvgIpc) is 2.76. The maximum Gasteiger partial charge on any atom is 0.252 e. The minimum Gasteiger partial charge on any atom is -0.365 e. The van der Waals surface area contributed by atoms with Crippen molar-refractivity contribution in [2.75, 3.05) is 18.0 Å². The summed E-state index contributed by atoms with van der Waals surface area (Å²) in [7, 11) is 0. The van der Waals surface area contributed by atoms with E-state index in [0.717, 1.165) is 30.8 Å². The van der Waals surface area contributed by atoms with Crippen LogP contribution in [0.1, 0.15) is 35.0 Å². The van der Waals surface area contributed by atoms with E-state index in [9.17, 15) is 4.79 Å². The number of amides is 1. The number of nitrogens with two attached hydrogens (primary N) is 2. The van der Waals surface area contributed by atoms with Gasteiger partial charge in [0, 0.05) is 24.8 Å². The van der Waals surface area contributed by atoms with Gasteiger partial charge in [0.1, 0.15) is 5.82 Å². The van der Waals surface area contributed by atoms with Crippen LogP contribution in [-0.2, 0) is 0 Å². The molecule has 0 radical (unpaired) electrons. The normalized spacial score (nSPS) is 20.6. The van der Waals surface area contributed by atoms with Crippen molar-refractivity contribution in [2.24, 2.45) is 17.4 Å². The summed E-state index contributed by atoms with van der Waals surface area (Å²) >= 11 is 0. The van der Waals surface area contributed by atoms with Gasteiger partial charge in [-0.25, -0.2) is 4.98 Å². The zero-order chi connectivity index (χ0) is 14.2. The van der Waals surface area contributed by atoms with E-state index in [0.29, 0.717) is 17.3 Å². The number of hydrogen-bond acceptors (Lipinski definition) is 4. The predicted molar refractivity (Wildman–Crippen MR) is 76.2 cm³/mol. The minimum absolute atomic E-state index is 0.160. The molecule has 1 amide bonds. The Morgan fingerprint density at radius 1 is 1.53 bits per heavy atom. The summed E-state index contributed by atoms with van der Waals surface area (Å²) in [6.07, 6.45) is 1.03. The monoisotopic (exact) mass is 262 g/mol. The number of pyridine rings is 1. The number of anilines is 1. The van der Waals surface area contributed by atoms with Crippen LogP contribution in [0.15, 0.2) is 6.07 Å². The highest BCUT2D eigenvalue weighted by atomic mass is 16.1. The van der Waals surface area contributed by atoms with Crippen LogP contribution < -0.4 is 16.4 Å². The lowest BCUT2D eigenvalue weighted by molar-refractivity contribution is 0.1000. The van der Waals surface area contributed by atoms with E-state index >= 15 is 0 Å². The first kappa shape index (κ1) is 13.8. The van der Waals surface area contributed by atoms with Crippen molar-refractivity contribution in [2.45, 2.75) is 33.2 Å². The highest BCUT2D eigenvalue weighted by Gasteiger charge is 2.29. The average molecular weight is 262 g/mol. The molecule has 2 rings (SSSR count). The van der Waals surface area contributed by atoms with Crippen molar-refractivity contribution in [3.05, 3.63) is 22.9 Å². The largest absolute Gasteiger partial charge is 0.365 e. The van der Waals surface area contributed by atoms with Crippen LogP contribution in [-0.4, -0.2) is 30.0 Å². The number of aryl methyl sites for hydroxylation is 2. The smallest absolute Gasteiger partial charge is 0.252 e. The molecule has 1 aliphatic rings. The van der Waals surface area contributed by atoms with Crippen molar-refractivity contribution in [1.82, 2.24) is 4.98 Å². The van der Waals surface area contributed by atoms with Gasteiger partial charge in [-0.3, -0.25) is 4.79 Å². The van der Waals surface area contributed by atoms with Gasteiger partial charge in [-0.1, -0.05) is 0 Å². The summed E-state index contributed by atoms with van der Waals surface area (Å²) < 4.78 is 0. The summed E-state index contributed by atoms with van der Waals surface area (Å²) in [5.41, 5.74) is 13.8. The van der Waals surface area contributed by atoms with Gasteiger partial charge >= 0.3 is 0 Å². The molecule has 1 fully saturated rings. The third kappa shape index (κ3) is 2.71. The Morgan fingerprint density at radius 3 is 2.74 bits per heavy atom. The number of carbonyl (C=O) groups is 1. The first-order valence-electron chi connectivity index (χ1n) is 6.68. The van der Waals surface area contributed by atoms with E-state index < -0.39 is 5.91 Å². The Morgan fingerprint density at radius 2 is 2.21 bits per heavy atom. The highest BCUT2D eigenvalue weighted by Crippen LogP contribution is 2.28. The molecular weight excluding hydrogens is 240 g/mol. The third-order valence-electron chi connectivity index (χ3n) is 3.84. The zero-order valence-corrected chi connectivity index (χ0v) is 11.8. The van der Waals surface area contributed by atoms with E-state index in [2.05, 4.69) is 9.88 Å². The lowest BCUT2D eigenvalue weighted by Gasteiger charge is -2.22. The molecule has 2 heterocycles. The first-order valence-corrected chi connectivity index (χ1v) is 6.68. The molecule has 4 N–H and O–H groups in total. The van der Waals surface area contributed by atoms with E-state index in [4.69, 9.17) is 11.5 Å². The van der Waals surface area contributed by atoms with Crippen LogP contribution in [0.25, 0.3) is 0 Å². The van der Waals surface area contributed by atoms with Crippen LogP contribution in [0.5, 0.6) is 0 Å². The van der Waals surface area contributed by atoms with Gasteiger partial charge in [-0.2, -0.15) is 0 Å². The molecule has 0 bridgehead atoms. The zero-order valence-electron chi connectivity index (χ0n) is 11.8. The van der Waals surface area contributed by atoms with E-state index in [1.807, 2.05) is 26.8 Å². The molecule has 5 heteroatoms. The second kappa shape index (κ2) is 5.17. The Bertz CT molecular complexity index is 498. The molecule has 0 saturated carbocycles. The summed E-state index contributed by atoms with van der Waals surface area (Å²) in [5.74, 6) is 0.751. The Balaban J connectivity index is 2.37. The number of nitrogens with zero attached hydrogens (tertiary/aromatic N) is 2. The Labute approximate surface area is 114 Å². The van der Waals surface area contributed by atoms with Gasteiger partial charge in [0.25, 0.3) is 5.91 Å². The number of hydrogen-bond donors (Lipinski definition) is 2. The summed E-state index contributed by atoms with van der Waals surface area (Å²) in [6, 6.07) is 2.05. The lowest BCUT2D eigenvalue weighted by Crippen LogP contribution is -2.31. The van der Waals surface area contributed by atoms with Crippen LogP contribution in [0.4, 0.5) is 5.82 Å². The molecule has 1 aromatic heterocycles. The van der Waals surface area contributed by atoms with Crippen molar-refractivity contribution in [1.29, 1.82) is 0 Å². The second-order valence-electron chi connectivity index (χ2n) is 5.50.